The third-order valence-corrected chi connectivity index (χ3v) is 4.92. The molecule has 2 aromatic rings. The highest BCUT2D eigenvalue weighted by Gasteiger charge is 2.24. The van der Waals surface area contributed by atoms with E-state index in [1.807, 2.05) is 60.1 Å². The molecule has 0 bridgehead atoms. The molecule has 2 amide bonds. The van der Waals surface area contributed by atoms with Crippen LogP contribution in [0.2, 0.25) is 0 Å². The minimum absolute atomic E-state index is 0.0151. The highest BCUT2D eigenvalue weighted by atomic mass is 16.2. The summed E-state index contributed by atoms with van der Waals surface area (Å²) in [6.07, 6.45) is 7.07. The molecule has 1 fully saturated rings. The SMILES string of the molecule is Cc1cccc([C@@H](C)NC(=O)N2CCC(CCn3cccn3)CC2)n1. The minimum atomic E-state index is -0.0788. The van der Waals surface area contributed by atoms with Crippen molar-refractivity contribution in [2.75, 3.05) is 13.1 Å². The smallest absolute Gasteiger partial charge is 0.317 e. The van der Waals surface area contributed by atoms with Crippen LogP contribution in [-0.4, -0.2) is 38.8 Å². The second-order valence-electron chi connectivity index (χ2n) is 6.86. The topological polar surface area (TPSA) is 63.1 Å². The monoisotopic (exact) mass is 341 g/mol. The maximum atomic E-state index is 12.5. The molecule has 6 nitrogen and oxygen atoms in total. The van der Waals surface area contributed by atoms with Crippen LogP contribution >= 0.6 is 0 Å². The van der Waals surface area contributed by atoms with Crippen molar-refractivity contribution in [1.82, 2.24) is 25.0 Å². The molecule has 3 rings (SSSR count). The Labute approximate surface area is 149 Å². The van der Waals surface area contributed by atoms with E-state index in [1.54, 1.807) is 0 Å². The van der Waals surface area contributed by atoms with Gasteiger partial charge in [0.1, 0.15) is 0 Å². The fourth-order valence-electron chi connectivity index (χ4n) is 3.33. The van der Waals surface area contributed by atoms with Crippen LogP contribution in [0, 0.1) is 12.8 Å². The Morgan fingerprint density at radius 1 is 1.32 bits per heavy atom. The number of urea groups is 1. The lowest BCUT2D eigenvalue weighted by molar-refractivity contribution is 0.163. The second kappa shape index (κ2) is 8.14. The van der Waals surface area contributed by atoms with Crippen molar-refractivity contribution in [3.8, 4) is 0 Å². The van der Waals surface area contributed by atoms with Gasteiger partial charge in [0.25, 0.3) is 0 Å². The third kappa shape index (κ3) is 4.81. The third-order valence-electron chi connectivity index (χ3n) is 4.92. The van der Waals surface area contributed by atoms with Crippen molar-refractivity contribution >= 4 is 6.03 Å². The normalized spacial score (nSPS) is 16.6. The van der Waals surface area contributed by atoms with E-state index >= 15 is 0 Å². The number of likely N-dealkylation sites (tertiary alicyclic amines) is 1. The van der Waals surface area contributed by atoms with Gasteiger partial charge in [-0.15, -0.1) is 0 Å². The number of amides is 2. The zero-order valence-electron chi connectivity index (χ0n) is 15.1. The van der Waals surface area contributed by atoms with E-state index in [2.05, 4.69) is 15.4 Å². The van der Waals surface area contributed by atoms with E-state index in [0.29, 0.717) is 5.92 Å². The Balaban J connectivity index is 1.43. The molecular weight excluding hydrogens is 314 g/mol. The van der Waals surface area contributed by atoms with Crippen molar-refractivity contribution in [2.24, 2.45) is 5.92 Å². The van der Waals surface area contributed by atoms with E-state index in [0.717, 1.165) is 50.3 Å². The molecule has 3 heterocycles. The van der Waals surface area contributed by atoms with E-state index < -0.39 is 0 Å². The summed E-state index contributed by atoms with van der Waals surface area (Å²) in [5.41, 5.74) is 1.87. The standard InChI is InChI=1S/C19H27N5O/c1-15-5-3-6-18(21-15)16(2)22-19(25)23-12-7-17(8-13-23)9-14-24-11-4-10-20-24/h3-6,10-11,16-17H,7-9,12-14H2,1-2H3,(H,22,25)/t16-/m1/s1. The number of nitrogens with one attached hydrogen (secondary N) is 1. The number of aryl methyl sites for hydroxylation is 2. The molecule has 1 saturated heterocycles. The number of rotatable bonds is 5. The number of nitrogens with zero attached hydrogens (tertiary/aromatic N) is 4. The van der Waals surface area contributed by atoms with Crippen LogP contribution in [-0.2, 0) is 6.54 Å². The second-order valence-corrected chi connectivity index (χ2v) is 6.86. The summed E-state index contributed by atoms with van der Waals surface area (Å²) in [7, 11) is 0. The van der Waals surface area contributed by atoms with Crippen molar-refractivity contribution in [1.29, 1.82) is 0 Å². The van der Waals surface area contributed by atoms with Gasteiger partial charge in [0.2, 0.25) is 0 Å². The van der Waals surface area contributed by atoms with Gasteiger partial charge in [0.05, 0.1) is 11.7 Å². The Morgan fingerprint density at radius 3 is 2.80 bits per heavy atom. The van der Waals surface area contributed by atoms with Crippen LogP contribution in [0.15, 0.2) is 36.7 Å². The van der Waals surface area contributed by atoms with Gasteiger partial charge in [-0.25, -0.2) is 4.79 Å². The molecular formula is C19H27N5O. The van der Waals surface area contributed by atoms with Crippen molar-refractivity contribution in [2.45, 2.75) is 45.7 Å². The van der Waals surface area contributed by atoms with Crippen LogP contribution in [0.1, 0.15) is 43.6 Å². The lowest BCUT2D eigenvalue weighted by Crippen LogP contribution is -2.45. The van der Waals surface area contributed by atoms with Gasteiger partial charge in [-0.3, -0.25) is 9.67 Å². The lowest BCUT2D eigenvalue weighted by Gasteiger charge is -2.32. The molecule has 2 aromatic heterocycles. The Hall–Kier alpha value is -2.37. The first-order chi connectivity index (χ1) is 12.1. The molecule has 0 saturated carbocycles. The predicted molar refractivity (Wildman–Crippen MR) is 97.1 cm³/mol. The van der Waals surface area contributed by atoms with Crippen molar-refractivity contribution < 1.29 is 4.79 Å². The summed E-state index contributed by atoms with van der Waals surface area (Å²) in [5, 5.41) is 7.32. The predicted octanol–water partition coefficient (Wildman–Crippen LogP) is 3.16. The number of piperidine rings is 1. The zero-order valence-corrected chi connectivity index (χ0v) is 15.1. The molecule has 1 aliphatic rings. The van der Waals surface area contributed by atoms with Gasteiger partial charge in [-0.2, -0.15) is 5.10 Å². The highest BCUT2D eigenvalue weighted by Crippen LogP contribution is 2.21. The molecule has 0 aromatic carbocycles. The van der Waals surface area contributed by atoms with Crippen molar-refractivity contribution in [3.05, 3.63) is 48.0 Å². The van der Waals surface area contributed by atoms with E-state index in [-0.39, 0.29) is 12.1 Å². The largest absolute Gasteiger partial charge is 0.330 e. The summed E-state index contributed by atoms with van der Waals surface area (Å²) in [6.45, 7) is 6.55. The van der Waals surface area contributed by atoms with E-state index in [4.69, 9.17) is 0 Å². The number of carbonyl (C=O) groups excluding carboxylic acids is 1. The quantitative estimate of drug-likeness (QED) is 0.908. The molecule has 1 atom stereocenters. The van der Waals surface area contributed by atoms with E-state index in [9.17, 15) is 4.79 Å². The van der Waals surface area contributed by atoms with Gasteiger partial charge in [0.15, 0.2) is 0 Å². The van der Waals surface area contributed by atoms with Crippen LogP contribution in [0.3, 0.4) is 0 Å². The van der Waals surface area contributed by atoms with Crippen LogP contribution < -0.4 is 5.32 Å². The van der Waals surface area contributed by atoms with Crippen LogP contribution in [0.25, 0.3) is 0 Å². The molecule has 134 valence electrons. The van der Waals surface area contributed by atoms with Gasteiger partial charge in [-0.1, -0.05) is 6.07 Å². The average molecular weight is 341 g/mol. The summed E-state index contributed by atoms with van der Waals surface area (Å²) in [4.78, 5) is 18.9. The summed E-state index contributed by atoms with van der Waals surface area (Å²) >= 11 is 0. The molecule has 0 spiro atoms. The van der Waals surface area contributed by atoms with E-state index in [1.165, 1.54) is 0 Å². The number of hydrogen-bond donors (Lipinski definition) is 1. The minimum Gasteiger partial charge on any atom is -0.330 e. The highest BCUT2D eigenvalue weighted by molar-refractivity contribution is 5.74. The first kappa shape index (κ1) is 17.5. The number of aromatic nitrogens is 3. The maximum absolute atomic E-state index is 12.5. The number of carbonyl (C=O) groups is 1. The van der Waals surface area contributed by atoms with Crippen molar-refractivity contribution in [3.63, 3.8) is 0 Å². The molecule has 0 aliphatic carbocycles. The summed E-state index contributed by atoms with van der Waals surface area (Å²) < 4.78 is 1.98. The number of hydrogen-bond acceptors (Lipinski definition) is 3. The Kier molecular flexibility index (Phi) is 5.68. The molecule has 1 N–H and O–H groups in total. The first-order valence-electron chi connectivity index (χ1n) is 9.08. The first-order valence-corrected chi connectivity index (χ1v) is 9.08. The van der Waals surface area contributed by atoms with Gasteiger partial charge in [0, 0.05) is 37.7 Å². The Morgan fingerprint density at radius 2 is 2.12 bits per heavy atom. The van der Waals surface area contributed by atoms with Crippen LogP contribution in [0.4, 0.5) is 4.79 Å². The lowest BCUT2D eigenvalue weighted by atomic mass is 9.94. The molecule has 25 heavy (non-hydrogen) atoms. The van der Waals surface area contributed by atoms with Gasteiger partial charge in [-0.05, 0) is 57.2 Å². The maximum Gasteiger partial charge on any atom is 0.317 e. The summed E-state index contributed by atoms with van der Waals surface area (Å²) in [5.74, 6) is 0.670. The Bertz CT molecular complexity index is 677. The zero-order chi connectivity index (χ0) is 17.6. The summed E-state index contributed by atoms with van der Waals surface area (Å²) in [6, 6.07) is 7.79. The molecule has 6 heteroatoms. The van der Waals surface area contributed by atoms with Gasteiger partial charge < -0.3 is 10.2 Å². The fraction of sp³-hybridized carbons (Fsp3) is 0.526. The average Bonchev–Trinajstić information content (AvgIpc) is 3.14. The van der Waals surface area contributed by atoms with Gasteiger partial charge >= 0.3 is 6.03 Å². The fourth-order valence-corrected chi connectivity index (χ4v) is 3.33. The van der Waals surface area contributed by atoms with Crippen LogP contribution in [0.5, 0.6) is 0 Å². The number of pyridine rings is 1. The molecule has 0 unspecified atom stereocenters. The molecule has 1 aliphatic heterocycles. The molecule has 0 radical (unpaired) electrons.